The van der Waals surface area contributed by atoms with E-state index in [2.05, 4.69) is 15.0 Å². The van der Waals surface area contributed by atoms with Gasteiger partial charge in [-0.1, -0.05) is 11.6 Å². The van der Waals surface area contributed by atoms with Gasteiger partial charge in [-0.25, -0.2) is 9.78 Å². The Balaban J connectivity index is 2.13. The molecule has 3 rings (SSSR count). The molecule has 6 nitrogen and oxygen atoms in total. The highest BCUT2D eigenvalue weighted by Crippen LogP contribution is 2.21. The molecule has 0 saturated carbocycles. The number of aromatic amines is 1. The van der Waals surface area contributed by atoms with Crippen molar-refractivity contribution in [1.29, 1.82) is 0 Å². The highest BCUT2D eigenvalue weighted by atomic mass is 35.5. The molecule has 19 heavy (non-hydrogen) atoms. The molecule has 0 spiro atoms. The summed E-state index contributed by atoms with van der Waals surface area (Å²) in [6.07, 6.45) is 3.41. The minimum atomic E-state index is -0.653. The zero-order valence-corrected chi connectivity index (χ0v) is 11.0. The summed E-state index contributed by atoms with van der Waals surface area (Å²) in [4.78, 5) is 33.8. The number of H-pyrrole nitrogens is 1. The van der Waals surface area contributed by atoms with E-state index in [1.165, 1.54) is 11.3 Å². The summed E-state index contributed by atoms with van der Waals surface area (Å²) >= 11 is 7.11. The van der Waals surface area contributed by atoms with Crippen LogP contribution in [0.15, 0.2) is 34.1 Å². The van der Waals surface area contributed by atoms with E-state index < -0.39 is 11.2 Å². The van der Waals surface area contributed by atoms with Gasteiger partial charge in [0.05, 0.1) is 12.1 Å². The van der Waals surface area contributed by atoms with E-state index in [4.69, 9.17) is 11.6 Å². The SMILES string of the molecule is O=c1nc2n(Cc3cnc(Cl)s3)cccc-2c(=O)[nH]1. The lowest BCUT2D eigenvalue weighted by molar-refractivity contribution is 0.776. The maximum absolute atomic E-state index is 11.7. The molecule has 1 aromatic heterocycles. The number of hydrogen-bond acceptors (Lipinski definition) is 5. The number of halogens is 1. The fraction of sp³-hybridized carbons (Fsp3) is 0.0909. The molecule has 0 fully saturated rings. The van der Waals surface area contributed by atoms with E-state index in [-0.39, 0.29) is 0 Å². The molecule has 96 valence electrons. The normalized spacial score (nSPS) is 11.0. The van der Waals surface area contributed by atoms with Crippen LogP contribution in [0.4, 0.5) is 0 Å². The summed E-state index contributed by atoms with van der Waals surface area (Å²) in [6, 6.07) is 3.35. The number of pyridine rings is 1. The van der Waals surface area contributed by atoms with Crippen LogP contribution in [0.25, 0.3) is 11.4 Å². The Kier molecular flexibility index (Phi) is 2.92. The van der Waals surface area contributed by atoms with Gasteiger partial charge in [-0.05, 0) is 12.1 Å². The van der Waals surface area contributed by atoms with Crippen molar-refractivity contribution in [3.05, 3.63) is 54.7 Å². The Morgan fingerprint density at radius 1 is 1.42 bits per heavy atom. The Morgan fingerprint density at radius 3 is 3.00 bits per heavy atom. The van der Waals surface area contributed by atoms with Crippen molar-refractivity contribution in [3.63, 3.8) is 0 Å². The maximum atomic E-state index is 11.7. The quantitative estimate of drug-likeness (QED) is 0.770. The van der Waals surface area contributed by atoms with Crippen molar-refractivity contribution in [2.75, 3.05) is 0 Å². The number of thiazole rings is 1. The van der Waals surface area contributed by atoms with Gasteiger partial charge >= 0.3 is 5.69 Å². The van der Waals surface area contributed by atoms with Crippen molar-refractivity contribution in [1.82, 2.24) is 19.5 Å². The fourth-order valence-corrected chi connectivity index (χ4v) is 2.76. The number of nitrogens with zero attached hydrogens (tertiary/aromatic N) is 3. The summed E-state index contributed by atoms with van der Waals surface area (Å²) < 4.78 is 2.17. The van der Waals surface area contributed by atoms with Gasteiger partial charge in [0.2, 0.25) is 0 Å². The second kappa shape index (κ2) is 4.60. The van der Waals surface area contributed by atoms with Crippen LogP contribution in [-0.2, 0) is 6.54 Å². The highest BCUT2D eigenvalue weighted by molar-refractivity contribution is 7.15. The molecular weight excluding hydrogens is 288 g/mol. The van der Waals surface area contributed by atoms with Crippen molar-refractivity contribution in [2.45, 2.75) is 6.54 Å². The topological polar surface area (TPSA) is 80.6 Å². The highest BCUT2D eigenvalue weighted by Gasteiger charge is 2.13. The van der Waals surface area contributed by atoms with E-state index in [1.54, 1.807) is 29.1 Å². The standard InChI is InChI=1S/C11H7ClN4O2S/c12-10-13-4-6(19-10)5-16-3-1-2-7-8(16)14-11(18)15-9(7)17/h1-4H,5H2,(H,15,17,18). The van der Waals surface area contributed by atoms with Crippen LogP contribution in [0.5, 0.6) is 0 Å². The van der Waals surface area contributed by atoms with Crippen LogP contribution < -0.4 is 11.2 Å². The molecule has 0 radical (unpaired) electrons. The summed E-state index contributed by atoms with van der Waals surface area (Å²) in [5, 5.41) is 0. The van der Waals surface area contributed by atoms with Crippen LogP contribution >= 0.6 is 22.9 Å². The lowest BCUT2D eigenvalue weighted by atomic mass is 10.2. The van der Waals surface area contributed by atoms with Crippen LogP contribution in [0, 0.1) is 0 Å². The third kappa shape index (κ3) is 2.29. The predicted octanol–water partition coefficient (Wildman–Crippen LogP) is 1.19. The molecule has 0 atom stereocenters. The van der Waals surface area contributed by atoms with E-state index in [0.717, 1.165) is 4.88 Å². The molecule has 0 aliphatic carbocycles. The number of hydrogen-bond donors (Lipinski definition) is 1. The molecule has 2 aliphatic rings. The van der Waals surface area contributed by atoms with Crippen LogP contribution in [-0.4, -0.2) is 19.5 Å². The van der Waals surface area contributed by atoms with Gasteiger partial charge in [0.15, 0.2) is 10.3 Å². The van der Waals surface area contributed by atoms with Gasteiger partial charge in [0.25, 0.3) is 5.56 Å². The van der Waals surface area contributed by atoms with Crippen molar-refractivity contribution < 1.29 is 0 Å². The molecule has 8 heteroatoms. The van der Waals surface area contributed by atoms with Crippen molar-refractivity contribution in [2.24, 2.45) is 0 Å². The average molecular weight is 295 g/mol. The van der Waals surface area contributed by atoms with Crippen LogP contribution in [0.1, 0.15) is 4.88 Å². The van der Waals surface area contributed by atoms with E-state index in [0.29, 0.717) is 22.4 Å². The third-order valence-electron chi connectivity index (χ3n) is 2.57. The van der Waals surface area contributed by atoms with Gasteiger partial charge in [0.1, 0.15) is 0 Å². The molecule has 2 aliphatic heterocycles. The predicted molar refractivity (Wildman–Crippen MR) is 72.0 cm³/mol. The molecule has 3 heterocycles. The summed E-state index contributed by atoms with van der Waals surface area (Å²) in [6.45, 7) is 0.456. The van der Waals surface area contributed by atoms with E-state index in [1.807, 2.05) is 0 Å². The first kappa shape index (κ1) is 12.1. The molecule has 0 saturated heterocycles. The molecule has 1 N–H and O–H groups in total. The van der Waals surface area contributed by atoms with Gasteiger partial charge in [0, 0.05) is 17.3 Å². The van der Waals surface area contributed by atoms with Crippen molar-refractivity contribution >= 4 is 22.9 Å². The lowest BCUT2D eigenvalue weighted by Gasteiger charge is -2.11. The van der Waals surface area contributed by atoms with Crippen LogP contribution in [0.3, 0.4) is 0 Å². The molecule has 0 amide bonds. The second-order valence-electron chi connectivity index (χ2n) is 3.82. The molecule has 0 unspecified atom stereocenters. The van der Waals surface area contributed by atoms with Gasteiger partial charge < -0.3 is 4.57 Å². The monoisotopic (exact) mass is 294 g/mol. The summed E-state index contributed by atoms with van der Waals surface area (Å²) in [7, 11) is 0. The minimum Gasteiger partial charge on any atom is -0.327 e. The minimum absolute atomic E-state index is 0.348. The molecular formula is C11H7ClN4O2S. The molecule has 0 bridgehead atoms. The Bertz CT molecular complexity index is 822. The first-order chi connectivity index (χ1) is 9.13. The Labute approximate surface area is 115 Å². The first-order valence-corrected chi connectivity index (χ1v) is 6.52. The number of rotatable bonds is 2. The van der Waals surface area contributed by atoms with Gasteiger partial charge in [-0.15, -0.1) is 11.3 Å². The zero-order chi connectivity index (χ0) is 13.4. The van der Waals surface area contributed by atoms with Gasteiger partial charge in [-0.2, -0.15) is 4.98 Å². The first-order valence-electron chi connectivity index (χ1n) is 5.33. The fourth-order valence-electron chi connectivity index (χ4n) is 1.79. The number of fused-ring (bicyclic) bond motifs is 1. The van der Waals surface area contributed by atoms with Crippen molar-refractivity contribution in [3.8, 4) is 11.4 Å². The van der Waals surface area contributed by atoms with Gasteiger partial charge in [-0.3, -0.25) is 9.78 Å². The Hall–Kier alpha value is -1.99. The molecule has 0 aromatic carbocycles. The van der Waals surface area contributed by atoms with Crippen LogP contribution in [0.2, 0.25) is 4.47 Å². The number of nitrogens with one attached hydrogen (secondary N) is 1. The largest absolute Gasteiger partial charge is 0.349 e. The Morgan fingerprint density at radius 2 is 2.26 bits per heavy atom. The average Bonchev–Trinajstić information content (AvgIpc) is 2.76. The molecule has 1 aromatic rings. The summed E-state index contributed by atoms with van der Waals surface area (Å²) in [5.41, 5.74) is -0.718. The third-order valence-corrected chi connectivity index (χ3v) is 3.67. The van der Waals surface area contributed by atoms with E-state index in [9.17, 15) is 9.59 Å². The van der Waals surface area contributed by atoms with E-state index >= 15 is 0 Å². The second-order valence-corrected chi connectivity index (χ2v) is 5.52. The summed E-state index contributed by atoms with van der Waals surface area (Å²) in [5.74, 6) is 0.348. The zero-order valence-electron chi connectivity index (χ0n) is 9.46. The number of aromatic nitrogens is 4. The lowest BCUT2D eigenvalue weighted by Crippen LogP contribution is -2.27. The maximum Gasteiger partial charge on any atom is 0.349 e. The smallest absolute Gasteiger partial charge is 0.327 e.